The number of hydrogen-bond donors (Lipinski definition) is 1. The van der Waals surface area contributed by atoms with Crippen LogP contribution in [0.15, 0.2) is 16.9 Å². The largest absolute Gasteiger partial charge is 0.356 e. The number of aryl methyl sites for hydroxylation is 1. The molecule has 16 heavy (non-hydrogen) atoms. The van der Waals surface area contributed by atoms with E-state index in [1.807, 2.05) is 10.9 Å². The lowest BCUT2D eigenvalue weighted by Gasteiger charge is -2.23. The van der Waals surface area contributed by atoms with Crippen molar-refractivity contribution in [2.45, 2.75) is 32.2 Å². The summed E-state index contributed by atoms with van der Waals surface area (Å²) < 4.78 is 2.87. The lowest BCUT2D eigenvalue weighted by Crippen LogP contribution is -2.35. The van der Waals surface area contributed by atoms with Gasteiger partial charge in [0.05, 0.1) is 10.7 Å². The van der Waals surface area contributed by atoms with Crippen LogP contribution in [0.1, 0.15) is 25.7 Å². The minimum Gasteiger partial charge on any atom is -0.356 e. The second-order valence-electron chi connectivity index (χ2n) is 4.19. The van der Waals surface area contributed by atoms with Crippen molar-refractivity contribution in [3.8, 4) is 0 Å². The molecule has 0 atom stereocenters. The number of nitrogens with one attached hydrogen (secondary N) is 1. The van der Waals surface area contributed by atoms with Gasteiger partial charge in [-0.15, -0.1) is 0 Å². The Morgan fingerprint density at radius 3 is 3.00 bits per heavy atom. The van der Waals surface area contributed by atoms with Gasteiger partial charge < -0.3 is 5.32 Å². The summed E-state index contributed by atoms with van der Waals surface area (Å²) in [5.41, 5.74) is 0. The fourth-order valence-electron chi connectivity index (χ4n) is 1.73. The molecular weight excluding hydrogens is 270 g/mol. The molecule has 5 heteroatoms. The molecule has 0 aliphatic heterocycles. The fourth-order valence-corrected chi connectivity index (χ4v) is 2.06. The molecule has 0 saturated heterocycles. The molecule has 1 aromatic heterocycles. The summed E-state index contributed by atoms with van der Waals surface area (Å²) in [4.78, 5) is 11.5. The SMILES string of the molecule is O=C(NCCCn1cc(Br)cn1)C1CCC1. The first-order valence-electron chi connectivity index (χ1n) is 5.71. The smallest absolute Gasteiger partial charge is 0.223 e. The van der Waals surface area contributed by atoms with E-state index in [1.54, 1.807) is 6.20 Å². The van der Waals surface area contributed by atoms with Crippen molar-refractivity contribution in [1.29, 1.82) is 0 Å². The molecule has 1 aliphatic carbocycles. The number of hydrogen-bond acceptors (Lipinski definition) is 2. The minimum atomic E-state index is 0.230. The van der Waals surface area contributed by atoms with Crippen molar-refractivity contribution in [3.05, 3.63) is 16.9 Å². The van der Waals surface area contributed by atoms with Gasteiger partial charge in [-0.1, -0.05) is 6.42 Å². The summed E-state index contributed by atoms with van der Waals surface area (Å²) in [5, 5.41) is 7.12. The highest BCUT2D eigenvalue weighted by Gasteiger charge is 2.24. The van der Waals surface area contributed by atoms with Crippen LogP contribution >= 0.6 is 15.9 Å². The molecular formula is C11H16BrN3O. The third-order valence-electron chi connectivity index (χ3n) is 2.94. The summed E-state index contributed by atoms with van der Waals surface area (Å²) >= 11 is 3.35. The Morgan fingerprint density at radius 1 is 1.62 bits per heavy atom. The van der Waals surface area contributed by atoms with E-state index >= 15 is 0 Å². The minimum absolute atomic E-state index is 0.230. The van der Waals surface area contributed by atoms with Gasteiger partial charge in [-0.3, -0.25) is 9.48 Å². The summed E-state index contributed by atoms with van der Waals surface area (Å²) in [6.45, 7) is 1.59. The maximum absolute atomic E-state index is 11.5. The molecule has 0 unspecified atom stereocenters. The number of carbonyl (C=O) groups excluding carboxylic acids is 1. The van der Waals surface area contributed by atoms with Crippen molar-refractivity contribution in [2.75, 3.05) is 6.54 Å². The zero-order chi connectivity index (χ0) is 11.4. The lowest BCUT2D eigenvalue weighted by molar-refractivity contribution is -0.127. The molecule has 88 valence electrons. The topological polar surface area (TPSA) is 46.9 Å². The Morgan fingerprint density at radius 2 is 2.44 bits per heavy atom. The van der Waals surface area contributed by atoms with E-state index in [2.05, 4.69) is 26.3 Å². The molecule has 0 bridgehead atoms. The standard InChI is InChI=1S/C11H16BrN3O/c12-10-7-14-15(8-10)6-2-5-13-11(16)9-3-1-4-9/h7-9H,1-6H2,(H,13,16). The third-order valence-corrected chi connectivity index (χ3v) is 3.35. The zero-order valence-corrected chi connectivity index (χ0v) is 10.7. The van der Waals surface area contributed by atoms with Crippen LogP contribution in [0.4, 0.5) is 0 Å². The number of aromatic nitrogens is 2. The van der Waals surface area contributed by atoms with Crippen LogP contribution in [0, 0.1) is 5.92 Å². The predicted octanol–water partition coefficient (Wildman–Crippen LogP) is 1.95. The Hall–Kier alpha value is -0.840. The number of rotatable bonds is 5. The first kappa shape index (κ1) is 11.6. The van der Waals surface area contributed by atoms with E-state index in [0.29, 0.717) is 5.92 Å². The summed E-state index contributed by atoms with van der Waals surface area (Å²) in [6, 6.07) is 0. The van der Waals surface area contributed by atoms with Crippen molar-refractivity contribution < 1.29 is 4.79 Å². The van der Waals surface area contributed by atoms with Crippen LogP contribution in [0.3, 0.4) is 0 Å². The summed E-state index contributed by atoms with van der Waals surface area (Å²) in [7, 11) is 0. The van der Waals surface area contributed by atoms with Gasteiger partial charge in [0.1, 0.15) is 0 Å². The van der Waals surface area contributed by atoms with Crippen molar-refractivity contribution in [3.63, 3.8) is 0 Å². The average molecular weight is 286 g/mol. The molecule has 1 aromatic rings. The highest BCUT2D eigenvalue weighted by molar-refractivity contribution is 9.10. The quantitative estimate of drug-likeness (QED) is 0.841. The number of carbonyl (C=O) groups is 1. The third kappa shape index (κ3) is 3.07. The van der Waals surface area contributed by atoms with E-state index in [4.69, 9.17) is 0 Å². The maximum atomic E-state index is 11.5. The van der Waals surface area contributed by atoms with Crippen LogP contribution in [-0.4, -0.2) is 22.2 Å². The van der Waals surface area contributed by atoms with Gasteiger partial charge in [0.2, 0.25) is 5.91 Å². The zero-order valence-electron chi connectivity index (χ0n) is 9.16. The fraction of sp³-hybridized carbons (Fsp3) is 0.636. The number of amides is 1. The van der Waals surface area contributed by atoms with E-state index < -0.39 is 0 Å². The highest BCUT2D eigenvalue weighted by Crippen LogP contribution is 2.25. The van der Waals surface area contributed by atoms with Crippen LogP contribution in [-0.2, 0) is 11.3 Å². The first-order chi connectivity index (χ1) is 7.75. The molecule has 1 amide bonds. The van der Waals surface area contributed by atoms with Gasteiger partial charge in [-0.25, -0.2) is 0 Å². The van der Waals surface area contributed by atoms with Gasteiger partial charge in [0, 0.05) is 25.2 Å². The number of halogens is 1. The Bertz CT molecular complexity index is 360. The molecule has 1 fully saturated rings. The monoisotopic (exact) mass is 285 g/mol. The highest BCUT2D eigenvalue weighted by atomic mass is 79.9. The second kappa shape index (κ2) is 5.48. The van der Waals surface area contributed by atoms with Crippen LogP contribution < -0.4 is 5.32 Å². The van der Waals surface area contributed by atoms with E-state index in [9.17, 15) is 4.79 Å². The summed E-state index contributed by atoms with van der Waals surface area (Å²) in [5.74, 6) is 0.520. The number of nitrogens with zero attached hydrogens (tertiary/aromatic N) is 2. The van der Waals surface area contributed by atoms with Gasteiger partial charge in [-0.05, 0) is 35.2 Å². The predicted molar refractivity (Wildman–Crippen MR) is 64.9 cm³/mol. The van der Waals surface area contributed by atoms with Crippen LogP contribution in [0.2, 0.25) is 0 Å². The van der Waals surface area contributed by atoms with Crippen molar-refractivity contribution >= 4 is 21.8 Å². The molecule has 0 radical (unpaired) electrons. The normalized spacial score (nSPS) is 15.8. The Kier molecular flexibility index (Phi) is 3.98. The van der Waals surface area contributed by atoms with Crippen molar-refractivity contribution in [1.82, 2.24) is 15.1 Å². The summed E-state index contributed by atoms with van der Waals surface area (Å²) in [6.07, 6.45) is 7.97. The van der Waals surface area contributed by atoms with E-state index in [1.165, 1.54) is 6.42 Å². The molecule has 1 heterocycles. The Labute approximate surface area is 104 Å². The van der Waals surface area contributed by atoms with E-state index in [0.717, 1.165) is 36.8 Å². The van der Waals surface area contributed by atoms with Gasteiger partial charge >= 0.3 is 0 Å². The van der Waals surface area contributed by atoms with Crippen LogP contribution in [0.25, 0.3) is 0 Å². The molecule has 2 rings (SSSR count). The van der Waals surface area contributed by atoms with Crippen LogP contribution in [0.5, 0.6) is 0 Å². The molecule has 1 saturated carbocycles. The lowest BCUT2D eigenvalue weighted by atomic mass is 9.85. The van der Waals surface area contributed by atoms with E-state index in [-0.39, 0.29) is 5.91 Å². The van der Waals surface area contributed by atoms with Crippen molar-refractivity contribution in [2.24, 2.45) is 5.92 Å². The molecule has 1 N–H and O–H groups in total. The second-order valence-corrected chi connectivity index (χ2v) is 5.11. The Balaban J connectivity index is 1.59. The molecule has 1 aliphatic rings. The maximum Gasteiger partial charge on any atom is 0.223 e. The van der Waals surface area contributed by atoms with Gasteiger partial charge in [-0.2, -0.15) is 5.10 Å². The molecule has 4 nitrogen and oxygen atoms in total. The van der Waals surface area contributed by atoms with Gasteiger partial charge in [0.25, 0.3) is 0 Å². The first-order valence-corrected chi connectivity index (χ1v) is 6.50. The molecule has 0 aromatic carbocycles. The van der Waals surface area contributed by atoms with Gasteiger partial charge in [0.15, 0.2) is 0 Å². The average Bonchev–Trinajstić information content (AvgIpc) is 2.56. The molecule has 0 spiro atoms.